The van der Waals surface area contributed by atoms with Gasteiger partial charge < -0.3 is 9.32 Å². The monoisotopic (exact) mass is 309 g/mol. The van der Waals surface area contributed by atoms with Crippen molar-refractivity contribution in [3.8, 4) is 11.3 Å². The normalized spacial score (nSPS) is 11.2. The maximum atomic E-state index is 12.2. The molecule has 0 atom stereocenters. The molecule has 0 bridgehead atoms. The van der Waals surface area contributed by atoms with Gasteiger partial charge in [-0.3, -0.25) is 9.52 Å². The molecule has 112 valence electrons. The molecule has 0 saturated carbocycles. The summed E-state index contributed by atoms with van der Waals surface area (Å²) in [4.78, 5) is 17.6. The lowest BCUT2D eigenvalue weighted by atomic mass is 10.1. The average molecular weight is 309 g/mol. The van der Waals surface area contributed by atoms with Crippen LogP contribution in [-0.2, 0) is 10.0 Å². The molecular weight excluding hydrogens is 294 g/mol. The number of carbonyl (C=O) groups excluding carboxylic acids is 1. The van der Waals surface area contributed by atoms with Gasteiger partial charge in [0.15, 0.2) is 5.82 Å². The van der Waals surface area contributed by atoms with E-state index in [9.17, 15) is 13.2 Å². The summed E-state index contributed by atoms with van der Waals surface area (Å²) >= 11 is 0. The Morgan fingerprint density at radius 1 is 1.38 bits per heavy atom. The van der Waals surface area contributed by atoms with Gasteiger partial charge in [0.25, 0.3) is 5.91 Å². The topological polar surface area (TPSA) is 92.5 Å². The van der Waals surface area contributed by atoms with E-state index in [1.165, 1.54) is 17.4 Å². The average Bonchev–Trinajstić information content (AvgIpc) is 2.90. The van der Waals surface area contributed by atoms with Crippen molar-refractivity contribution in [2.75, 3.05) is 25.1 Å². The predicted octanol–water partition coefficient (Wildman–Crippen LogP) is 1.41. The molecule has 1 amide bonds. The van der Waals surface area contributed by atoms with Crippen LogP contribution in [0.5, 0.6) is 0 Å². The molecule has 8 heteroatoms. The lowest BCUT2D eigenvalue weighted by Crippen LogP contribution is -2.24. The van der Waals surface area contributed by atoms with Crippen LogP contribution >= 0.6 is 0 Å². The van der Waals surface area contributed by atoms with Crippen LogP contribution in [0.1, 0.15) is 10.4 Å². The molecule has 0 aliphatic carbocycles. The third kappa shape index (κ3) is 3.60. The minimum Gasteiger partial charge on any atom is -0.464 e. The Morgan fingerprint density at radius 2 is 2.10 bits per heavy atom. The van der Waals surface area contributed by atoms with Crippen molar-refractivity contribution in [1.82, 2.24) is 9.88 Å². The molecule has 0 radical (unpaired) electrons. The SMILES string of the molecule is CN(C)C(=O)c1cc(-c2ccco2)cnc1NS(C)(=O)=O. The van der Waals surface area contributed by atoms with E-state index >= 15 is 0 Å². The van der Waals surface area contributed by atoms with Crippen LogP contribution in [0.25, 0.3) is 11.3 Å². The van der Waals surface area contributed by atoms with Gasteiger partial charge in [-0.1, -0.05) is 0 Å². The highest BCUT2D eigenvalue weighted by Gasteiger charge is 2.19. The molecule has 0 saturated heterocycles. The number of aromatic nitrogens is 1. The fourth-order valence-corrected chi connectivity index (χ4v) is 2.22. The van der Waals surface area contributed by atoms with Crippen molar-refractivity contribution in [1.29, 1.82) is 0 Å². The Labute approximate surface area is 122 Å². The van der Waals surface area contributed by atoms with E-state index in [0.717, 1.165) is 6.26 Å². The zero-order chi connectivity index (χ0) is 15.6. The van der Waals surface area contributed by atoms with Gasteiger partial charge in [0.05, 0.1) is 18.1 Å². The summed E-state index contributed by atoms with van der Waals surface area (Å²) in [5.41, 5.74) is 0.739. The smallest absolute Gasteiger partial charge is 0.257 e. The summed E-state index contributed by atoms with van der Waals surface area (Å²) in [5, 5.41) is 0. The van der Waals surface area contributed by atoms with Crippen LogP contribution < -0.4 is 4.72 Å². The van der Waals surface area contributed by atoms with Crippen LogP contribution in [0.4, 0.5) is 5.82 Å². The fourth-order valence-electron chi connectivity index (χ4n) is 1.70. The Morgan fingerprint density at radius 3 is 2.62 bits per heavy atom. The van der Waals surface area contributed by atoms with Crippen LogP contribution in [0.15, 0.2) is 35.1 Å². The zero-order valence-electron chi connectivity index (χ0n) is 11.8. The summed E-state index contributed by atoms with van der Waals surface area (Å²) in [6.45, 7) is 0. The highest BCUT2D eigenvalue weighted by atomic mass is 32.2. The summed E-state index contributed by atoms with van der Waals surface area (Å²) in [6.07, 6.45) is 3.95. The Balaban J connectivity index is 2.54. The largest absolute Gasteiger partial charge is 0.464 e. The first-order valence-electron chi connectivity index (χ1n) is 6.01. The van der Waals surface area contributed by atoms with E-state index in [4.69, 9.17) is 4.42 Å². The number of carbonyl (C=O) groups is 1. The number of hydrogen-bond acceptors (Lipinski definition) is 5. The van der Waals surface area contributed by atoms with Crippen molar-refractivity contribution >= 4 is 21.7 Å². The quantitative estimate of drug-likeness (QED) is 0.922. The highest BCUT2D eigenvalue weighted by molar-refractivity contribution is 7.92. The third-order valence-corrected chi connectivity index (χ3v) is 3.18. The first-order chi connectivity index (χ1) is 9.78. The first-order valence-corrected chi connectivity index (χ1v) is 7.90. The molecule has 0 fully saturated rings. The number of pyridine rings is 1. The summed E-state index contributed by atoms with van der Waals surface area (Å²) in [6, 6.07) is 4.98. The van der Waals surface area contributed by atoms with Gasteiger partial charge in [-0.2, -0.15) is 0 Å². The molecular formula is C13H15N3O4S. The zero-order valence-corrected chi connectivity index (χ0v) is 12.6. The van der Waals surface area contributed by atoms with Gasteiger partial charge >= 0.3 is 0 Å². The van der Waals surface area contributed by atoms with E-state index in [2.05, 4.69) is 9.71 Å². The summed E-state index contributed by atoms with van der Waals surface area (Å²) < 4.78 is 30.2. The molecule has 2 aromatic rings. The first kappa shape index (κ1) is 15.0. The number of furan rings is 1. The summed E-state index contributed by atoms with van der Waals surface area (Å²) in [7, 11) is -0.381. The van der Waals surface area contributed by atoms with Gasteiger partial charge in [0, 0.05) is 25.9 Å². The van der Waals surface area contributed by atoms with E-state index in [1.54, 1.807) is 32.3 Å². The van der Waals surface area contributed by atoms with Crippen molar-refractivity contribution < 1.29 is 17.6 Å². The van der Waals surface area contributed by atoms with E-state index in [1.807, 2.05) is 0 Å². The molecule has 2 rings (SSSR count). The van der Waals surface area contributed by atoms with Crippen LogP contribution in [0.3, 0.4) is 0 Å². The van der Waals surface area contributed by atoms with Crippen molar-refractivity contribution in [3.63, 3.8) is 0 Å². The lowest BCUT2D eigenvalue weighted by molar-refractivity contribution is 0.0828. The number of hydrogen-bond donors (Lipinski definition) is 1. The van der Waals surface area contributed by atoms with Gasteiger partial charge in [-0.05, 0) is 18.2 Å². The Bertz CT molecular complexity index is 752. The number of amides is 1. The van der Waals surface area contributed by atoms with E-state index in [0.29, 0.717) is 11.3 Å². The third-order valence-electron chi connectivity index (χ3n) is 2.61. The fraction of sp³-hybridized carbons (Fsp3) is 0.231. The number of sulfonamides is 1. The summed E-state index contributed by atoms with van der Waals surface area (Å²) in [5.74, 6) is 0.176. The molecule has 21 heavy (non-hydrogen) atoms. The van der Waals surface area contributed by atoms with Gasteiger partial charge in [-0.25, -0.2) is 13.4 Å². The van der Waals surface area contributed by atoms with Crippen molar-refractivity contribution in [2.24, 2.45) is 0 Å². The molecule has 2 aromatic heterocycles. The number of anilines is 1. The standard InChI is InChI=1S/C13H15N3O4S/c1-16(2)13(17)10-7-9(11-5-4-6-20-11)8-14-12(10)15-21(3,18)19/h4-8H,1-3H3,(H,14,15). The maximum Gasteiger partial charge on any atom is 0.257 e. The lowest BCUT2D eigenvalue weighted by Gasteiger charge is -2.14. The van der Waals surface area contributed by atoms with E-state index in [-0.39, 0.29) is 17.3 Å². The molecule has 0 aliphatic rings. The molecule has 0 spiro atoms. The molecule has 0 aliphatic heterocycles. The maximum absolute atomic E-state index is 12.2. The molecule has 2 heterocycles. The molecule has 0 aromatic carbocycles. The van der Waals surface area contributed by atoms with Crippen molar-refractivity contribution in [3.05, 3.63) is 36.2 Å². The van der Waals surface area contributed by atoms with Crippen LogP contribution in [0.2, 0.25) is 0 Å². The second-order valence-corrected chi connectivity index (χ2v) is 6.42. The second kappa shape index (κ2) is 5.57. The predicted molar refractivity (Wildman–Crippen MR) is 78.4 cm³/mol. The minimum absolute atomic E-state index is 0.00786. The Kier molecular flexibility index (Phi) is 3.99. The van der Waals surface area contributed by atoms with Gasteiger partial charge in [0.1, 0.15) is 5.76 Å². The molecule has 1 N–H and O–H groups in total. The number of nitrogens with zero attached hydrogens (tertiary/aromatic N) is 2. The Hall–Kier alpha value is -2.35. The van der Waals surface area contributed by atoms with Crippen LogP contribution in [-0.4, -0.2) is 44.6 Å². The number of nitrogens with one attached hydrogen (secondary N) is 1. The van der Waals surface area contributed by atoms with Gasteiger partial charge in [0.2, 0.25) is 10.0 Å². The van der Waals surface area contributed by atoms with Crippen LogP contribution in [0, 0.1) is 0 Å². The molecule has 7 nitrogen and oxygen atoms in total. The van der Waals surface area contributed by atoms with Gasteiger partial charge in [-0.15, -0.1) is 0 Å². The van der Waals surface area contributed by atoms with Crippen molar-refractivity contribution in [2.45, 2.75) is 0 Å². The number of rotatable bonds is 4. The second-order valence-electron chi connectivity index (χ2n) is 4.67. The highest BCUT2D eigenvalue weighted by Crippen LogP contribution is 2.24. The minimum atomic E-state index is -3.53. The van der Waals surface area contributed by atoms with E-state index < -0.39 is 10.0 Å². The molecule has 0 unspecified atom stereocenters.